The van der Waals surface area contributed by atoms with E-state index in [1.165, 1.54) is 6.07 Å². The first kappa shape index (κ1) is 17.2. The molecule has 23 heavy (non-hydrogen) atoms. The van der Waals surface area contributed by atoms with Crippen molar-refractivity contribution in [2.24, 2.45) is 0 Å². The topological polar surface area (TPSA) is 55.4 Å². The van der Waals surface area contributed by atoms with Crippen molar-refractivity contribution < 1.29 is 18.7 Å². The number of esters is 1. The molecule has 2 rings (SSSR count). The van der Waals surface area contributed by atoms with Gasteiger partial charge in [-0.25, -0.2) is 9.18 Å². The quantitative estimate of drug-likeness (QED) is 0.833. The summed E-state index contributed by atoms with van der Waals surface area (Å²) in [5.74, 6) is -1.85. The summed E-state index contributed by atoms with van der Waals surface area (Å²) in [6, 6.07) is 10.4. The molecule has 120 valence electrons. The van der Waals surface area contributed by atoms with Crippen LogP contribution in [-0.2, 0) is 16.1 Å². The van der Waals surface area contributed by atoms with Gasteiger partial charge in [0.15, 0.2) is 6.61 Å². The standard InChI is InChI=1S/C16H12Cl2FNO3/c17-12-4-1-10(2-5-12)8-20-15(21)9-23-16(22)11-3-6-14(19)13(18)7-11/h1-7H,8-9H2,(H,20,21). The van der Waals surface area contributed by atoms with Crippen molar-refractivity contribution in [3.8, 4) is 0 Å². The Morgan fingerprint density at radius 1 is 1.09 bits per heavy atom. The molecule has 0 spiro atoms. The molecule has 2 aromatic rings. The predicted molar refractivity (Wildman–Crippen MR) is 85.0 cm³/mol. The Hall–Kier alpha value is -2.11. The van der Waals surface area contributed by atoms with E-state index < -0.39 is 24.3 Å². The van der Waals surface area contributed by atoms with Crippen molar-refractivity contribution in [2.45, 2.75) is 6.54 Å². The van der Waals surface area contributed by atoms with E-state index in [-0.39, 0.29) is 17.1 Å². The van der Waals surface area contributed by atoms with E-state index in [4.69, 9.17) is 27.9 Å². The summed E-state index contributed by atoms with van der Waals surface area (Å²) in [5.41, 5.74) is 0.932. The van der Waals surface area contributed by atoms with Gasteiger partial charge in [-0.15, -0.1) is 0 Å². The molecule has 0 heterocycles. The van der Waals surface area contributed by atoms with Gasteiger partial charge in [0.25, 0.3) is 5.91 Å². The first-order valence-corrected chi connectivity index (χ1v) is 7.34. The molecular weight excluding hydrogens is 344 g/mol. The number of benzene rings is 2. The van der Waals surface area contributed by atoms with Gasteiger partial charge in [0.05, 0.1) is 10.6 Å². The van der Waals surface area contributed by atoms with Crippen LogP contribution in [0.25, 0.3) is 0 Å². The average molecular weight is 356 g/mol. The van der Waals surface area contributed by atoms with Crippen LogP contribution in [0.3, 0.4) is 0 Å². The minimum atomic E-state index is -0.756. The Morgan fingerprint density at radius 3 is 2.43 bits per heavy atom. The fourth-order valence-electron chi connectivity index (χ4n) is 1.69. The number of carbonyl (C=O) groups is 2. The van der Waals surface area contributed by atoms with Crippen molar-refractivity contribution in [1.29, 1.82) is 0 Å². The van der Waals surface area contributed by atoms with Gasteiger partial charge in [-0.05, 0) is 35.9 Å². The van der Waals surface area contributed by atoms with Gasteiger partial charge in [0.2, 0.25) is 0 Å². The first-order valence-electron chi connectivity index (χ1n) is 6.59. The van der Waals surface area contributed by atoms with Crippen LogP contribution in [0.4, 0.5) is 4.39 Å². The summed E-state index contributed by atoms with van der Waals surface area (Å²) in [6.07, 6.45) is 0. The molecule has 0 bridgehead atoms. The third kappa shape index (κ3) is 5.23. The number of halogens is 3. The lowest BCUT2D eigenvalue weighted by Gasteiger charge is -2.07. The lowest BCUT2D eigenvalue weighted by atomic mass is 10.2. The Kier molecular flexibility index (Phi) is 5.96. The van der Waals surface area contributed by atoms with Gasteiger partial charge in [0, 0.05) is 11.6 Å². The molecule has 0 aliphatic carbocycles. The van der Waals surface area contributed by atoms with Gasteiger partial charge in [-0.2, -0.15) is 0 Å². The van der Waals surface area contributed by atoms with Crippen LogP contribution in [0.15, 0.2) is 42.5 Å². The van der Waals surface area contributed by atoms with Gasteiger partial charge in [-0.1, -0.05) is 35.3 Å². The molecule has 0 aromatic heterocycles. The molecule has 1 N–H and O–H groups in total. The van der Waals surface area contributed by atoms with Crippen LogP contribution in [0.5, 0.6) is 0 Å². The van der Waals surface area contributed by atoms with Gasteiger partial charge < -0.3 is 10.1 Å². The van der Waals surface area contributed by atoms with Gasteiger partial charge >= 0.3 is 5.97 Å². The van der Waals surface area contributed by atoms with Crippen LogP contribution in [0, 0.1) is 5.82 Å². The Labute approximate surface area is 142 Å². The third-order valence-corrected chi connectivity index (χ3v) is 3.43. The molecule has 0 atom stereocenters. The Balaban J connectivity index is 1.80. The number of carbonyl (C=O) groups excluding carboxylic acids is 2. The number of amides is 1. The van der Waals surface area contributed by atoms with E-state index in [9.17, 15) is 14.0 Å². The van der Waals surface area contributed by atoms with Crippen molar-refractivity contribution in [3.63, 3.8) is 0 Å². The van der Waals surface area contributed by atoms with E-state index in [0.29, 0.717) is 5.02 Å². The molecule has 4 nitrogen and oxygen atoms in total. The zero-order valence-electron chi connectivity index (χ0n) is 11.8. The largest absolute Gasteiger partial charge is 0.452 e. The zero-order valence-corrected chi connectivity index (χ0v) is 13.3. The Bertz CT molecular complexity index is 720. The highest BCUT2D eigenvalue weighted by atomic mass is 35.5. The molecule has 0 saturated carbocycles. The van der Waals surface area contributed by atoms with Crippen molar-refractivity contribution in [3.05, 3.63) is 69.5 Å². The number of nitrogens with one attached hydrogen (secondary N) is 1. The third-order valence-electron chi connectivity index (χ3n) is 2.89. The number of hydrogen-bond donors (Lipinski definition) is 1. The summed E-state index contributed by atoms with van der Waals surface area (Å²) in [6.45, 7) is -0.155. The highest BCUT2D eigenvalue weighted by Crippen LogP contribution is 2.16. The van der Waals surface area contributed by atoms with Gasteiger partial charge in [-0.3, -0.25) is 4.79 Å². The molecule has 0 radical (unpaired) electrons. The second kappa shape index (κ2) is 7.94. The maximum Gasteiger partial charge on any atom is 0.338 e. The van der Waals surface area contributed by atoms with E-state index in [1.807, 2.05) is 0 Å². The lowest BCUT2D eigenvalue weighted by molar-refractivity contribution is -0.124. The second-order valence-electron chi connectivity index (χ2n) is 4.61. The van der Waals surface area contributed by atoms with E-state index in [2.05, 4.69) is 5.32 Å². The number of rotatable bonds is 5. The van der Waals surface area contributed by atoms with E-state index >= 15 is 0 Å². The van der Waals surface area contributed by atoms with Crippen LogP contribution in [0.2, 0.25) is 10.0 Å². The monoisotopic (exact) mass is 355 g/mol. The maximum absolute atomic E-state index is 13.0. The fraction of sp³-hybridized carbons (Fsp3) is 0.125. The summed E-state index contributed by atoms with van der Waals surface area (Å²) in [5, 5.41) is 3.02. The summed E-state index contributed by atoms with van der Waals surface area (Å²) >= 11 is 11.3. The molecule has 2 aromatic carbocycles. The normalized spacial score (nSPS) is 10.2. The minimum Gasteiger partial charge on any atom is -0.452 e. The smallest absolute Gasteiger partial charge is 0.338 e. The minimum absolute atomic E-state index is 0.0712. The molecular formula is C16H12Cl2FNO3. The molecule has 0 saturated heterocycles. The van der Waals surface area contributed by atoms with Crippen LogP contribution >= 0.6 is 23.2 Å². The molecule has 0 unspecified atom stereocenters. The second-order valence-corrected chi connectivity index (χ2v) is 5.45. The Morgan fingerprint density at radius 2 is 1.78 bits per heavy atom. The maximum atomic E-state index is 13.0. The molecule has 0 aliphatic rings. The average Bonchev–Trinajstić information content (AvgIpc) is 2.54. The van der Waals surface area contributed by atoms with E-state index in [1.54, 1.807) is 24.3 Å². The first-order chi connectivity index (χ1) is 11.0. The number of ether oxygens (including phenoxy) is 1. The molecule has 0 aliphatic heterocycles. The highest BCUT2D eigenvalue weighted by Gasteiger charge is 2.12. The van der Waals surface area contributed by atoms with Crippen LogP contribution in [0.1, 0.15) is 15.9 Å². The fourth-order valence-corrected chi connectivity index (χ4v) is 2.00. The molecule has 0 fully saturated rings. The summed E-state index contributed by atoms with van der Waals surface area (Å²) < 4.78 is 17.8. The predicted octanol–water partition coefficient (Wildman–Crippen LogP) is 3.61. The lowest BCUT2D eigenvalue weighted by Crippen LogP contribution is -2.28. The highest BCUT2D eigenvalue weighted by molar-refractivity contribution is 6.31. The van der Waals surface area contributed by atoms with Crippen molar-refractivity contribution >= 4 is 35.1 Å². The van der Waals surface area contributed by atoms with Crippen molar-refractivity contribution in [2.75, 3.05) is 6.61 Å². The van der Waals surface area contributed by atoms with Gasteiger partial charge in [0.1, 0.15) is 5.82 Å². The zero-order chi connectivity index (χ0) is 16.8. The van der Waals surface area contributed by atoms with Crippen LogP contribution in [-0.4, -0.2) is 18.5 Å². The van der Waals surface area contributed by atoms with Crippen molar-refractivity contribution in [1.82, 2.24) is 5.32 Å². The SMILES string of the molecule is O=C(COC(=O)c1ccc(F)c(Cl)c1)NCc1ccc(Cl)cc1. The molecule has 1 amide bonds. The summed E-state index contributed by atoms with van der Waals surface area (Å²) in [7, 11) is 0. The summed E-state index contributed by atoms with van der Waals surface area (Å²) in [4.78, 5) is 23.4. The molecule has 7 heteroatoms. The number of hydrogen-bond acceptors (Lipinski definition) is 3. The van der Waals surface area contributed by atoms with E-state index in [0.717, 1.165) is 17.7 Å². The van der Waals surface area contributed by atoms with Crippen LogP contribution < -0.4 is 5.32 Å².